The van der Waals surface area contributed by atoms with Crippen LogP contribution in [-0.2, 0) is 33.3 Å². The van der Waals surface area contributed by atoms with Gasteiger partial charge in [-0.1, -0.05) is 44.2 Å². The largest absolute Gasteiger partial charge is 0.416 e. The SMILES string of the molecule is CC(C)C(=O)Nc1ccc(CNS(=O)(=O)Cc2cccc(C(F)(F)F)c2)cc1. The number of amides is 1. The van der Waals surface area contributed by atoms with E-state index < -0.39 is 27.5 Å². The molecule has 0 spiro atoms. The highest BCUT2D eigenvalue weighted by Crippen LogP contribution is 2.29. The number of hydrogen-bond acceptors (Lipinski definition) is 3. The fourth-order valence-electron chi connectivity index (χ4n) is 2.29. The topological polar surface area (TPSA) is 75.3 Å². The van der Waals surface area contributed by atoms with Crippen LogP contribution in [0.2, 0.25) is 0 Å². The number of benzene rings is 2. The van der Waals surface area contributed by atoms with Crippen molar-refractivity contribution >= 4 is 21.6 Å². The number of carbonyl (C=O) groups is 1. The van der Waals surface area contributed by atoms with Gasteiger partial charge in [-0.25, -0.2) is 13.1 Å². The first-order valence-electron chi connectivity index (χ1n) is 8.49. The van der Waals surface area contributed by atoms with Crippen LogP contribution in [0.5, 0.6) is 0 Å². The van der Waals surface area contributed by atoms with E-state index >= 15 is 0 Å². The van der Waals surface area contributed by atoms with E-state index in [1.54, 1.807) is 38.1 Å². The fraction of sp³-hybridized carbons (Fsp3) is 0.316. The number of halogens is 3. The number of anilines is 1. The minimum Gasteiger partial charge on any atom is -0.326 e. The maximum Gasteiger partial charge on any atom is 0.416 e. The van der Waals surface area contributed by atoms with Crippen LogP contribution in [-0.4, -0.2) is 14.3 Å². The van der Waals surface area contributed by atoms with Gasteiger partial charge in [-0.05, 0) is 29.3 Å². The zero-order valence-corrected chi connectivity index (χ0v) is 16.2. The average molecular weight is 414 g/mol. The second kappa shape index (κ2) is 8.74. The zero-order valence-electron chi connectivity index (χ0n) is 15.4. The molecule has 0 fully saturated rings. The van der Waals surface area contributed by atoms with Crippen LogP contribution in [0.3, 0.4) is 0 Å². The van der Waals surface area contributed by atoms with E-state index in [0.717, 1.165) is 12.1 Å². The first kappa shape index (κ1) is 21.9. The lowest BCUT2D eigenvalue weighted by atomic mass is 10.1. The van der Waals surface area contributed by atoms with Crippen LogP contribution in [0.15, 0.2) is 48.5 Å². The van der Waals surface area contributed by atoms with Crippen LogP contribution >= 0.6 is 0 Å². The number of sulfonamides is 1. The van der Waals surface area contributed by atoms with Crippen LogP contribution < -0.4 is 10.0 Å². The van der Waals surface area contributed by atoms with Crippen LogP contribution in [0.25, 0.3) is 0 Å². The van der Waals surface area contributed by atoms with Gasteiger partial charge in [0.1, 0.15) is 0 Å². The van der Waals surface area contributed by atoms with E-state index in [4.69, 9.17) is 0 Å². The van der Waals surface area contributed by atoms with Gasteiger partial charge in [0.15, 0.2) is 0 Å². The molecule has 5 nitrogen and oxygen atoms in total. The maximum absolute atomic E-state index is 12.7. The number of rotatable bonds is 7. The molecule has 2 aromatic carbocycles. The van der Waals surface area contributed by atoms with Crippen molar-refractivity contribution in [2.45, 2.75) is 32.3 Å². The maximum atomic E-state index is 12.7. The van der Waals surface area contributed by atoms with Crippen molar-refractivity contribution in [3.05, 3.63) is 65.2 Å². The fourth-order valence-corrected chi connectivity index (χ4v) is 3.40. The third-order valence-corrected chi connectivity index (χ3v) is 5.15. The molecule has 1 amide bonds. The third kappa shape index (κ3) is 6.65. The lowest BCUT2D eigenvalue weighted by Gasteiger charge is -2.11. The molecule has 0 saturated carbocycles. The van der Waals surface area contributed by atoms with Gasteiger partial charge in [0.25, 0.3) is 0 Å². The molecule has 2 aromatic rings. The first-order valence-corrected chi connectivity index (χ1v) is 10.1. The highest BCUT2D eigenvalue weighted by atomic mass is 32.2. The van der Waals surface area contributed by atoms with Crippen LogP contribution in [0.4, 0.5) is 18.9 Å². The summed E-state index contributed by atoms with van der Waals surface area (Å²) in [5.41, 5.74) is 0.401. The van der Waals surface area contributed by atoms with Crippen molar-refractivity contribution in [2.75, 3.05) is 5.32 Å². The Morgan fingerprint density at radius 2 is 1.68 bits per heavy atom. The summed E-state index contributed by atoms with van der Waals surface area (Å²) < 4.78 is 64.9. The summed E-state index contributed by atoms with van der Waals surface area (Å²) in [6.07, 6.45) is -4.53. The molecule has 2 N–H and O–H groups in total. The molecule has 0 unspecified atom stereocenters. The number of hydrogen-bond donors (Lipinski definition) is 2. The molecular formula is C19H21F3N2O3S. The molecular weight excluding hydrogens is 393 g/mol. The second-order valence-corrected chi connectivity index (χ2v) is 8.43. The van der Waals surface area contributed by atoms with Crippen LogP contribution in [0, 0.1) is 5.92 Å². The van der Waals surface area contributed by atoms with E-state index in [9.17, 15) is 26.4 Å². The quantitative estimate of drug-likeness (QED) is 0.721. The lowest BCUT2D eigenvalue weighted by Crippen LogP contribution is -2.25. The molecule has 28 heavy (non-hydrogen) atoms. The molecule has 0 aromatic heterocycles. The summed E-state index contributed by atoms with van der Waals surface area (Å²) in [6, 6.07) is 10.8. The number of alkyl halides is 3. The highest BCUT2D eigenvalue weighted by Gasteiger charge is 2.30. The molecule has 0 radical (unpaired) electrons. The van der Waals surface area contributed by atoms with E-state index in [-0.39, 0.29) is 23.9 Å². The molecule has 0 bridgehead atoms. The Labute approximate surface area is 162 Å². The second-order valence-electron chi connectivity index (χ2n) is 6.62. The molecule has 9 heteroatoms. The molecule has 152 valence electrons. The van der Waals surface area contributed by atoms with Gasteiger partial charge in [-0.2, -0.15) is 13.2 Å². The van der Waals surface area contributed by atoms with Gasteiger partial charge in [-0.15, -0.1) is 0 Å². The van der Waals surface area contributed by atoms with Crippen molar-refractivity contribution in [1.29, 1.82) is 0 Å². The summed E-state index contributed by atoms with van der Waals surface area (Å²) in [4.78, 5) is 11.6. The molecule has 2 rings (SSSR count). The van der Waals surface area contributed by atoms with Gasteiger partial charge < -0.3 is 5.32 Å². The van der Waals surface area contributed by atoms with Crippen LogP contribution in [0.1, 0.15) is 30.5 Å². The zero-order chi connectivity index (χ0) is 20.9. The Hall–Kier alpha value is -2.39. The minimum atomic E-state index is -4.53. The Morgan fingerprint density at radius 3 is 2.25 bits per heavy atom. The van der Waals surface area contributed by atoms with Gasteiger partial charge in [0.05, 0.1) is 11.3 Å². The molecule has 0 atom stereocenters. The Kier molecular flexibility index (Phi) is 6.84. The standard InChI is InChI=1S/C19H21F3N2O3S/c1-13(2)18(25)24-17-8-6-14(7-9-17)11-23-28(26,27)12-15-4-3-5-16(10-15)19(20,21)22/h3-10,13,23H,11-12H2,1-2H3,(H,24,25). The van der Waals surface area contributed by atoms with Crippen molar-refractivity contribution in [2.24, 2.45) is 5.92 Å². The highest BCUT2D eigenvalue weighted by molar-refractivity contribution is 7.88. The van der Waals surface area contributed by atoms with Crippen molar-refractivity contribution in [3.8, 4) is 0 Å². The number of carbonyl (C=O) groups excluding carboxylic acids is 1. The summed E-state index contributed by atoms with van der Waals surface area (Å²) in [5.74, 6) is -0.851. The predicted octanol–water partition coefficient (Wildman–Crippen LogP) is 3.92. The van der Waals surface area contributed by atoms with E-state index in [1.807, 2.05) is 0 Å². The van der Waals surface area contributed by atoms with Crippen molar-refractivity contribution in [1.82, 2.24) is 4.72 Å². The summed E-state index contributed by atoms with van der Waals surface area (Å²) in [5, 5.41) is 2.72. The molecule has 0 aliphatic rings. The first-order chi connectivity index (χ1) is 13.0. The molecule has 0 heterocycles. The normalized spacial score (nSPS) is 12.2. The summed E-state index contributed by atoms with van der Waals surface area (Å²) in [7, 11) is -3.82. The van der Waals surface area contributed by atoms with Crippen molar-refractivity contribution in [3.63, 3.8) is 0 Å². The summed E-state index contributed by atoms with van der Waals surface area (Å²) in [6.45, 7) is 3.52. The molecule has 0 saturated heterocycles. The van der Waals surface area contributed by atoms with Gasteiger partial charge >= 0.3 is 6.18 Å². The Morgan fingerprint density at radius 1 is 1.04 bits per heavy atom. The minimum absolute atomic E-state index is 0.0142. The van der Waals surface area contributed by atoms with Gasteiger partial charge in [-0.3, -0.25) is 4.79 Å². The van der Waals surface area contributed by atoms with Crippen molar-refractivity contribution < 1.29 is 26.4 Å². The molecule has 0 aliphatic carbocycles. The smallest absolute Gasteiger partial charge is 0.326 e. The average Bonchev–Trinajstić information content (AvgIpc) is 2.60. The van der Waals surface area contributed by atoms with Gasteiger partial charge in [0.2, 0.25) is 15.9 Å². The Bertz CT molecular complexity index is 924. The predicted molar refractivity (Wildman–Crippen MR) is 101 cm³/mol. The lowest BCUT2D eigenvalue weighted by molar-refractivity contribution is -0.137. The van der Waals surface area contributed by atoms with E-state index in [2.05, 4.69) is 10.0 Å². The Balaban J connectivity index is 1.97. The van der Waals surface area contributed by atoms with E-state index in [0.29, 0.717) is 11.3 Å². The molecule has 0 aliphatic heterocycles. The van der Waals surface area contributed by atoms with E-state index in [1.165, 1.54) is 12.1 Å². The number of nitrogens with one attached hydrogen (secondary N) is 2. The summed E-state index contributed by atoms with van der Waals surface area (Å²) >= 11 is 0. The van der Waals surface area contributed by atoms with Gasteiger partial charge in [0, 0.05) is 18.2 Å². The third-order valence-electron chi connectivity index (χ3n) is 3.85. The monoisotopic (exact) mass is 414 g/mol.